The average molecular weight is 263 g/mol. The van der Waals surface area contributed by atoms with Gasteiger partial charge in [-0.25, -0.2) is 0 Å². The van der Waals surface area contributed by atoms with Gasteiger partial charge < -0.3 is 5.32 Å². The molecule has 2 heterocycles. The fourth-order valence-corrected chi connectivity index (χ4v) is 2.86. The molecule has 0 radical (unpaired) electrons. The maximum atomic E-state index is 4.55. The van der Waals surface area contributed by atoms with Gasteiger partial charge in [0.15, 0.2) is 0 Å². The molecule has 0 saturated carbocycles. The zero-order valence-corrected chi connectivity index (χ0v) is 12.1. The minimum Gasteiger partial charge on any atom is -0.305 e. The summed E-state index contributed by atoms with van der Waals surface area (Å²) in [4.78, 5) is 0. The van der Waals surface area contributed by atoms with Crippen LogP contribution in [-0.4, -0.2) is 16.3 Å². The van der Waals surface area contributed by atoms with Crippen molar-refractivity contribution in [2.24, 2.45) is 0 Å². The molecule has 0 bridgehead atoms. The molecule has 0 aliphatic heterocycles. The molecule has 98 valence electrons. The predicted molar refractivity (Wildman–Crippen MR) is 77.1 cm³/mol. The molecule has 2 rings (SSSR count). The number of thiophene rings is 1. The van der Waals surface area contributed by atoms with Gasteiger partial charge in [0.25, 0.3) is 0 Å². The van der Waals surface area contributed by atoms with Gasteiger partial charge in [-0.2, -0.15) is 16.4 Å². The Morgan fingerprint density at radius 1 is 1.44 bits per heavy atom. The molecule has 0 fully saturated rings. The number of hydrogen-bond acceptors (Lipinski definition) is 3. The van der Waals surface area contributed by atoms with Gasteiger partial charge in [-0.05, 0) is 55.3 Å². The number of nitrogens with one attached hydrogen (secondary N) is 1. The largest absolute Gasteiger partial charge is 0.305 e. The summed E-state index contributed by atoms with van der Waals surface area (Å²) < 4.78 is 2.10. The number of rotatable bonds is 6. The van der Waals surface area contributed by atoms with Crippen LogP contribution in [0, 0.1) is 6.92 Å². The minimum absolute atomic E-state index is 0.261. The van der Waals surface area contributed by atoms with Crippen LogP contribution in [0.1, 0.15) is 43.3 Å². The lowest BCUT2D eigenvalue weighted by Crippen LogP contribution is -2.25. The second-order valence-corrected chi connectivity index (χ2v) is 5.25. The molecule has 3 nitrogen and oxygen atoms in total. The van der Waals surface area contributed by atoms with Crippen molar-refractivity contribution in [3.05, 3.63) is 39.8 Å². The minimum atomic E-state index is 0.261. The van der Waals surface area contributed by atoms with Crippen molar-refractivity contribution in [1.29, 1.82) is 0 Å². The summed E-state index contributed by atoms with van der Waals surface area (Å²) in [6, 6.07) is 4.65. The molecule has 18 heavy (non-hydrogen) atoms. The van der Waals surface area contributed by atoms with E-state index in [2.05, 4.69) is 58.8 Å². The van der Waals surface area contributed by atoms with E-state index in [0.29, 0.717) is 0 Å². The molecule has 0 spiro atoms. The Balaban J connectivity index is 2.33. The summed E-state index contributed by atoms with van der Waals surface area (Å²) in [5, 5.41) is 12.5. The van der Waals surface area contributed by atoms with E-state index in [9.17, 15) is 0 Å². The number of nitrogens with zero attached hydrogens (tertiary/aromatic N) is 2. The van der Waals surface area contributed by atoms with Gasteiger partial charge >= 0.3 is 0 Å². The third kappa shape index (κ3) is 2.82. The molecule has 2 aromatic heterocycles. The van der Waals surface area contributed by atoms with E-state index < -0.39 is 0 Å². The van der Waals surface area contributed by atoms with Gasteiger partial charge in [0.1, 0.15) is 0 Å². The summed E-state index contributed by atoms with van der Waals surface area (Å²) in [6.45, 7) is 8.33. The van der Waals surface area contributed by atoms with Crippen molar-refractivity contribution in [2.75, 3.05) is 6.54 Å². The number of aryl methyl sites for hydroxylation is 2. The highest BCUT2D eigenvalue weighted by atomic mass is 32.1. The van der Waals surface area contributed by atoms with Crippen molar-refractivity contribution in [3.8, 4) is 0 Å². The van der Waals surface area contributed by atoms with Crippen LogP contribution in [0.15, 0.2) is 22.9 Å². The summed E-state index contributed by atoms with van der Waals surface area (Å²) in [5.74, 6) is 0. The van der Waals surface area contributed by atoms with Crippen molar-refractivity contribution < 1.29 is 0 Å². The van der Waals surface area contributed by atoms with Crippen LogP contribution < -0.4 is 5.32 Å². The summed E-state index contributed by atoms with van der Waals surface area (Å²) in [7, 11) is 0. The van der Waals surface area contributed by atoms with Crippen LogP contribution in [0.2, 0.25) is 0 Å². The van der Waals surface area contributed by atoms with Crippen LogP contribution in [0.25, 0.3) is 0 Å². The Bertz CT molecular complexity index is 473. The van der Waals surface area contributed by atoms with E-state index in [4.69, 9.17) is 0 Å². The smallest absolute Gasteiger partial charge is 0.0756 e. The fourth-order valence-electron chi connectivity index (χ4n) is 2.17. The topological polar surface area (TPSA) is 29.9 Å². The van der Waals surface area contributed by atoms with E-state index in [1.807, 2.05) is 0 Å². The lowest BCUT2D eigenvalue weighted by atomic mass is 10.1. The first-order chi connectivity index (χ1) is 8.76. The summed E-state index contributed by atoms with van der Waals surface area (Å²) >= 11 is 1.75. The molecule has 1 N–H and O–H groups in total. The van der Waals surface area contributed by atoms with E-state index >= 15 is 0 Å². The Morgan fingerprint density at radius 3 is 2.89 bits per heavy atom. The third-order valence-corrected chi connectivity index (χ3v) is 3.71. The first kappa shape index (κ1) is 13.3. The van der Waals surface area contributed by atoms with Crippen LogP contribution in [-0.2, 0) is 6.54 Å². The van der Waals surface area contributed by atoms with Crippen molar-refractivity contribution in [1.82, 2.24) is 15.1 Å². The highest BCUT2D eigenvalue weighted by Gasteiger charge is 2.18. The molecule has 4 heteroatoms. The highest BCUT2D eigenvalue weighted by molar-refractivity contribution is 7.08. The first-order valence-corrected chi connectivity index (χ1v) is 7.50. The zero-order valence-electron chi connectivity index (χ0n) is 11.3. The van der Waals surface area contributed by atoms with Crippen LogP contribution in [0.4, 0.5) is 0 Å². The van der Waals surface area contributed by atoms with E-state index in [1.54, 1.807) is 11.3 Å². The molecular formula is C14H21N3S. The molecule has 0 aliphatic carbocycles. The lowest BCUT2D eigenvalue weighted by Gasteiger charge is -2.18. The van der Waals surface area contributed by atoms with Gasteiger partial charge in [-0.1, -0.05) is 6.92 Å². The molecule has 0 aromatic carbocycles. The average Bonchev–Trinajstić information content (AvgIpc) is 2.99. The van der Waals surface area contributed by atoms with E-state index in [0.717, 1.165) is 25.2 Å². The van der Waals surface area contributed by atoms with Gasteiger partial charge in [0.05, 0.1) is 17.4 Å². The van der Waals surface area contributed by atoms with Crippen LogP contribution in [0.3, 0.4) is 0 Å². The van der Waals surface area contributed by atoms with Crippen molar-refractivity contribution >= 4 is 11.3 Å². The van der Waals surface area contributed by atoms with Gasteiger partial charge in [-0.3, -0.25) is 4.68 Å². The van der Waals surface area contributed by atoms with Gasteiger partial charge in [-0.15, -0.1) is 0 Å². The van der Waals surface area contributed by atoms with Gasteiger partial charge in [0, 0.05) is 6.54 Å². The second-order valence-electron chi connectivity index (χ2n) is 4.47. The molecule has 0 aliphatic rings. The third-order valence-electron chi connectivity index (χ3n) is 3.00. The van der Waals surface area contributed by atoms with Gasteiger partial charge in [0.2, 0.25) is 0 Å². The second kappa shape index (κ2) is 6.16. The molecule has 0 saturated heterocycles. The zero-order chi connectivity index (χ0) is 13.0. The Morgan fingerprint density at radius 2 is 2.28 bits per heavy atom. The molecule has 1 atom stereocenters. The van der Waals surface area contributed by atoms with Crippen molar-refractivity contribution in [2.45, 2.75) is 39.8 Å². The molecule has 2 aromatic rings. The maximum Gasteiger partial charge on any atom is 0.0756 e. The monoisotopic (exact) mass is 263 g/mol. The summed E-state index contributed by atoms with van der Waals surface area (Å²) in [6.07, 6.45) is 1.14. The highest BCUT2D eigenvalue weighted by Crippen LogP contribution is 2.24. The van der Waals surface area contributed by atoms with E-state index in [1.165, 1.54) is 11.3 Å². The Kier molecular flexibility index (Phi) is 4.55. The molecular weight excluding hydrogens is 242 g/mol. The Hall–Kier alpha value is -1.13. The lowest BCUT2D eigenvalue weighted by molar-refractivity contribution is 0.529. The van der Waals surface area contributed by atoms with E-state index in [-0.39, 0.29) is 6.04 Å². The van der Waals surface area contributed by atoms with Crippen molar-refractivity contribution in [3.63, 3.8) is 0 Å². The predicted octanol–water partition coefficient (Wildman–Crippen LogP) is 3.36. The maximum absolute atomic E-state index is 4.55. The standard InChI is InChI=1S/C14H21N3S/c1-4-7-15-14(12-6-8-18-10-12)13-9-11(3)16-17(13)5-2/h6,8-10,14-15H,4-5,7H2,1-3H3. The number of hydrogen-bond donors (Lipinski definition) is 1. The normalized spacial score (nSPS) is 12.8. The fraction of sp³-hybridized carbons (Fsp3) is 0.500. The quantitative estimate of drug-likeness (QED) is 0.866. The summed E-state index contributed by atoms with van der Waals surface area (Å²) in [5.41, 5.74) is 3.69. The van der Waals surface area contributed by atoms with Crippen LogP contribution in [0.5, 0.6) is 0 Å². The first-order valence-electron chi connectivity index (χ1n) is 6.56. The Labute approximate surface area is 113 Å². The molecule has 0 amide bonds. The molecule has 1 unspecified atom stereocenters. The SMILES string of the molecule is CCCNC(c1ccsc1)c1cc(C)nn1CC. The van der Waals surface area contributed by atoms with Crippen LogP contribution >= 0.6 is 11.3 Å². The number of aromatic nitrogens is 2.